The van der Waals surface area contributed by atoms with Gasteiger partial charge in [0.15, 0.2) is 0 Å². The fourth-order valence-electron chi connectivity index (χ4n) is 3.57. The maximum Gasteiger partial charge on any atom is 0.0441 e. The Morgan fingerprint density at radius 3 is 3.12 bits per heavy atom. The van der Waals surface area contributed by atoms with Gasteiger partial charge in [0, 0.05) is 12.1 Å². The predicted octanol–water partition coefficient (Wildman–Crippen LogP) is 2.13. The first-order valence-electron chi connectivity index (χ1n) is 6.37. The number of fused-ring (bicyclic) bond motifs is 2. The van der Waals surface area contributed by atoms with Crippen LogP contribution in [0.3, 0.4) is 0 Å². The summed E-state index contributed by atoms with van der Waals surface area (Å²) in [6, 6.07) is 8.68. The third kappa shape index (κ3) is 1.48. The van der Waals surface area contributed by atoms with Gasteiger partial charge in [0.2, 0.25) is 0 Å². The summed E-state index contributed by atoms with van der Waals surface area (Å²) in [5.74, 6) is 0.889. The lowest BCUT2D eigenvalue weighted by Crippen LogP contribution is -2.38. The van der Waals surface area contributed by atoms with Crippen molar-refractivity contribution in [2.24, 2.45) is 11.7 Å². The van der Waals surface area contributed by atoms with E-state index in [-0.39, 0.29) is 5.54 Å². The van der Waals surface area contributed by atoms with E-state index in [0.717, 1.165) is 5.92 Å². The van der Waals surface area contributed by atoms with Crippen LogP contribution in [0.1, 0.15) is 36.8 Å². The van der Waals surface area contributed by atoms with Crippen LogP contribution < -0.4 is 11.1 Å². The van der Waals surface area contributed by atoms with Crippen molar-refractivity contribution in [1.29, 1.82) is 0 Å². The van der Waals surface area contributed by atoms with E-state index in [2.05, 4.69) is 29.6 Å². The molecule has 1 saturated heterocycles. The maximum atomic E-state index is 5.86. The van der Waals surface area contributed by atoms with Crippen molar-refractivity contribution < 1.29 is 0 Å². The quantitative estimate of drug-likeness (QED) is 0.795. The van der Waals surface area contributed by atoms with Crippen molar-refractivity contribution in [3.05, 3.63) is 35.4 Å². The second kappa shape index (κ2) is 3.86. The van der Waals surface area contributed by atoms with E-state index in [9.17, 15) is 0 Å². The average Bonchev–Trinajstić information content (AvgIpc) is 2.66. The van der Waals surface area contributed by atoms with Gasteiger partial charge in [-0.3, -0.25) is 0 Å². The molecule has 2 unspecified atom stereocenters. The summed E-state index contributed by atoms with van der Waals surface area (Å²) in [4.78, 5) is 0. The first-order valence-corrected chi connectivity index (χ1v) is 6.37. The molecular formula is C14H20N2. The highest BCUT2D eigenvalue weighted by atomic mass is 15.0. The molecule has 1 aliphatic carbocycles. The molecule has 2 aliphatic rings. The summed E-state index contributed by atoms with van der Waals surface area (Å²) < 4.78 is 0. The second-order valence-electron chi connectivity index (χ2n) is 5.29. The molecule has 1 heterocycles. The number of benzene rings is 1. The monoisotopic (exact) mass is 216 g/mol. The van der Waals surface area contributed by atoms with E-state index < -0.39 is 0 Å². The van der Waals surface area contributed by atoms with E-state index in [1.54, 1.807) is 0 Å². The van der Waals surface area contributed by atoms with E-state index >= 15 is 0 Å². The predicted molar refractivity (Wildman–Crippen MR) is 66.0 cm³/mol. The molecule has 1 saturated carbocycles. The van der Waals surface area contributed by atoms with E-state index in [0.29, 0.717) is 6.54 Å². The Bertz CT molecular complexity index is 384. The van der Waals surface area contributed by atoms with Crippen molar-refractivity contribution in [2.75, 3.05) is 6.54 Å². The highest BCUT2D eigenvalue weighted by Gasteiger charge is 2.43. The number of rotatable bonds is 2. The van der Waals surface area contributed by atoms with Crippen molar-refractivity contribution in [1.82, 2.24) is 5.32 Å². The summed E-state index contributed by atoms with van der Waals surface area (Å²) in [6.07, 6.45) is 5.35. The Morgan fingerprint density at radius 1 is 1.38 bits per heavy atom. The lowest BCUT2D eigenvalue weighted by atomic mass is 9.74. The Hall–Kier alpha value is -0.860. The van der Waals surface area contributed by atoms with Gasteiger partial charge >= 0.3 is 0 Å². The van der Waals surface area contributed by atoms with E-state index in [1.807, 2.05) is 0 Å². The first kappa shape index (κ1) is 10.3. The maximum absolute atomic E-state index is 5.86. The number of hydrogen-bond donors (Lipinski definition) is 2. The molecule has 16 heavy (non-hydrogen) atoms. The third-order valence-electron chi connectivity index (χ3n) is 4.34. The summed E-state index contributed by atoms with van der Waals surface area (Å²) in [7, 11) is 0. The van der Waals surface area contributed by atoms with Crippen LogP contribution >= 0.6 is 0 Å². The molecule has 0 amide bonds. The fraction of sp³-hybridized carbons (Fsp3) is 0.571. The molecule has 86 valence electrons. The van der Waals surface area contributed by atoms with Crippen molar-refractivity contribution in [3.63, 3.8) is 0 Å². The minimum absolute atomic E-state index is 0.249. The molecule has 0 aromatic heterocycles. The topological polar surface area (TPSA) is 38.0 Å². The van der Waals surface area contributed by atoms with Gasteiger partial charge in [0.25, 0.3) is 0 Å². The van der Waals surface area contributed by atoms with Gasteiger partial charge in [-0.15, -0.1) is 0 Å². The van der Waals surface area contributed by atoms with E-state index in [4.69, 9.17) is 5.73 Å². The molecule has 2 nitrogen and oxygen atoms in total. The number of nitrogens with two attached hydrogens (primary N) is 1. The largest absolute Gasteiger partial charge is 0.326 e. The number of hydrogen-bond acceptors (Lipinski definition) is 2. The summed E-state index contributed by atoms with van der Waals surface area (Å²) in [6.45, 7) is 1.85. The number of nitrogens with one attached hydrogen (secondary N) is 1. The van der Waals surface area contributed by atoms with Crippen LogP contribution in [0, 0.1) is 5.92 Å². The van der Waals surface area contributed by atoms with Crippen LogP contribution in [0.25, 0.3) is 0 Å². The zero-order chi connectivity index (χ0) is 11.0. The third-order valence-corrected chi connectivity index (χ3v) is 4.34. The van der Waals surface area contributed by atoms with Gasteiger partial charge in [-0.2, -0.15) is 0 Å². The molecule has 1 aromatic carbocycles. The van der Waals surface area contributed by atoms with Crippen molar-refractivity contribution in [2.45, 2.75) is 37.8 Å². The van der Waals surface area contributed by atoms with Crippen LogP contribution in [0.4, 0.5) is 0 Å². The molecule has 2 atom stereocenters. The van der Waals surface area contributed by atoms with Crippen LogP contribution in [-0.4, -0.2) is 6.54 Å². The second-order valence-corrected chi connectivity index (χ2v) is 5.29. The lowest BCUT2D eigenvalue weighted by Gasteiger charge is -2.35. The summed E-state index contributed by atoms with van der Waals surface area (Å²) >= 11 is 0. The Kier molecular flexibility index (Phi) is 2.49. The van der Waals surface area contributed by atoms with Gasteiger partial charge in [0.05, 0.1) is 0 Å². The van der Waals surface area contributed by atoms with Gasteiger partial charge in [-0.1, -0.05) is 30.7 Å². The first-order chi connectivity index (χ1) is 7.84. The standard InChI is InChI=1S/C14H20N2/c15-9-12-5-1-2-6-13(12)14-7-3-4-11(8-14)10-16-14/h1-2,5-6,11,16H,3-4,7-10,15H2. The zero-order valence-corrected chi connectivity index (χ0v) is 9.71. The van der Waals surface area contributed by atoms with Crippen LogP contribution in [0.15, 0.2) is 24.3 Å². The molecule has 2 bridgehead atoms. The van der Waals surface area contributed by atoms with E-state index in [1.165, 1.54) is 43.4 Å². The van der Waals surface area contributed by atoms with Crippen LogP contribution in [0.5, 0.6) is 0 Å². The minimum atomic E-state index is 0.249. The minimum Gasteiger partial charge on any atom is -0.326 e. The molecular weight excluding hydrogens is 196 g/mol. The molecule has 1 aromatic rings. The molecule has 0 radical (unpaired) electrons. The molecule has 3 rings (SSSR count). The molecule has 3 N–H and O–H groups in total. The van der Waals surface area contributed by atoms with Gasteiger partial charge in [0.1, 0.15) is 0 Å². The Morgan fingerprint density at radius 2 is 2.25 bits per heavy atom. The molecule has 0 spiro atoms. The Balaban J connectivity index is 2.02. The smallest absolute Gasteiger partial charge is 0.0441 e. The summed E-state index contributed by atoms with van der Waals surface area (Å²) in [5.41, 5.74) is 8.88. The highest BCUT2D eigenvalue weighted by Crippen LogP contribution is 2.45. The zero-order valence-electron chi connectivity index (χ0n) is 9.71. The van der Waals surface area contributed by atoms with Crippen LogP contribution in [0.2, 0.25) is 0 Å². The fourth-order valence-corrected chi connectivity index (χ4v) is 3.57. The molecule has 1 aliphatic heterocycles. The summed E-state index contributed by atoms with van der Waals surface area (Å²) in [5, 5.41) is 3.77. The van der Waals surface area contributed by atoms with Crippen molar-refractivity contribution >= 4 is 0 Å². The van der Waals surface area contributed by atoms with Crippen molar-refractivity contribution in [3.8, 4) is 0 Å². The van der Waals surface area contributed by atoms with Crippen LogP contribution in [-0.2, 0) is 12.1 Å². The van der Waals surface area contributed by atoms with Gasteiger partial charge in [-0.25, -0.2) is 0 Å². The van der Waals surface area contributed by atoms with Gasteiger partial charge in [-0.05, 0) is 42.9 Å². The molecule has 2 heteroatoms. The lowest BCUT2D eigenvalue weighted by molar-refractivity contribution is 0.286. The molecule has 2 fully saturated rings. The highest BCUT2D eigenvalue weighted by molar-refractivity contribution is 5.35. The normalized spacial score (nSPS) is 32.9. The Labute approximate surface area is 97.2 Å². The SMILES string of the molecule is NCc1ccccc1C12CCCC(CN1)C2. The average molecular weight is 216 g/mol. The van der Waals surface area contributed by atoms with Gasteiger partial charge < -0.3 is 11.1 Å².